The number of aromatic nitrogens is 2. The van der Waals surface area contributed by atoms with E-state index in [2.05, 4.69) is 15.5 Å². The maximum absolute atomic E-state index is 13.7. The number of benzene rings is 1. The normalized spacial score (nSPS) is 10.8. The first-order valence-corrected chi connectivity index (χ1v) is 6.76. The van der Waals surface area contributed by atoms with Crippen LogP contribution in [0.5, 0.6) is 0 Å². The summed E-state index contributed by atoms with van der Waals surface area (Å²) in [5.41, 5.74) is 1.57. The molecule has 0 radical (unpaired) electrons. The number of aryl methyl sites for hydroxylation is 2. The minimum absolute atomic E-state index is 0.237. The molecule has 0 atom stereocenters. The molecular weight excluding hydrogens is 249 g/mol. The second-order valence-electron chi connectivity index (χ2n) is 4.19. The highest BCUT2D eigenvalue weighted by Crippen LogP contribution is 2.27. The Hall–Kier alpha value is -1.33. The summed E-state index contributed by atoms with van der Waals surface area (Å²) in [5, 5.41) is 12.9. The van der Waals surface area contributed by atoms with Crippen LogP contribution in [-0.4, -0.2) is 23.8 Å². The van der Waals surface area contributed by atoms with Gasteiger partial charge in [-0.05, 0) is 39.1 Å². The standard InChI is InChI=1S/C13H16FN3S/c1-9-5-6-11(14)10(8-9)13-17-16-12(18-13)4-3-7-15-2/h5-6,8,15H,3-4,7H2,1-2H3. The number of hydrogen-bond donors (Lipinski definition) is 1. The molecule has 0 fully saturated rings. The quantitative estimate of drug-likeness (QED) is 0.845. The molecule has 1 N–H and O–H groups in total. The van der Waals surface area contributed by atoms with Crippen molar-refractivity contribution in [3.8, 4) is 10.6 Å². The molecule has 2 rings (SSSR count). The molecule has 3 nitrogen and oxygen atoms in total. The number of hydrogen-bond acceptors (Lipinski definition) is 4. The molecule has 0 spiro atoms. The maximum Gasteiger partial charge on any atom is 0.150 e. The molecule has 96 valence electrons. The molecule has 1 heterocycles. The van der Waals surface area contributed by atoms with Gasteiger partial charge in [-0.2, -0.15) is 0 Å². The molecule has 18 heavy (non-hydrogen) atoms. The highest BCUT2D eigenvalue weighted by atomic mass is 32.1. The van der Waals surface area contributed by atoms with Gasteiger partial charge in [0.2, 0.25) is 0 Å². The van der Waals surface area contributed by atoms with Crippen molar-refractivity contribution in [2.24, 2.45) is 0 Å². The Morgan fingerprint density at radius 3 is 2.94 bits per heavy atom. The molecule has 0 unspecified atom stereocenters. The van der Waals surface area contributed by atoms with E-state index in [1.807, 2.05) is 20.0 Å². The van der Waals surface area contributed by atoms with Gasteiger partial charge in [-0.1, -0.05) is 23.0 Å². The van der Waals surface area contributed by atoms with E-state index in [1.54, 1.807) is 6.07 Å². The van der Waals surface area contributed by atoms with Crippen LogP contribution in [0.3, 0.4) is 0 Å². The van der Waals surface area contributed by atoms with E-state index in [0.717, 1.165) is 30.0 Å². The first kappa shape index (κ1) is 13.1. The number of rotatable bonds is 5. The van der Waals surface area contributed by atoms with Gasteiger partial charge in [0.1, 0.15) is 10.8 Å². The van der Waals surface area contributed by atoms with Crippen molar-refractivity contribution < 1.29 is 4.39 Å². The molecule has 0 saturated heterocycles. The number of halogens is 1. The van der Waals surface area contributed by atoms with Crippen LogP contribution < -0.4 is 5.32 Å². The Kier molecular flexibility index (Phi) is 4.38. The first-order chi connectivity index (χ1) is 8.70. The van der Waals surface area contributed by atoms with Crippen LogP contribution in [-0.2, 0) is 6.42 Å². The van der Waals surface area contributed by atoms with Crippen LogP contribution in [0.15, 0.2) is 18.2 Å². The third-order valence-electron chi connectivity index (χ3n) is 2.64. The first-order valence-electron chi connectivity index (χ1n) is 5.94. The molecule has 0 aliphatic rings. The molecule has 0 aliphatic heterocycles. The van der Waals surface area contributed by atoms with Gasteiger partial charge in [-0.15, -0.1) is 10.2 Å². The van der Waals surface area contributed by atoms with E-state index >= 15 is 0 Å². The Bertz CT molecular complexity index is 525. The zero-order chi connectivity index (χ0) is 13.0. The predicted molar refractivity (Wildman–Crippen MR) is 72.3 cm³/mol. The summed E-state index contributed by atoms with van der Waals surface area (Å²) in [7, 11) is 1.92. The van der Waals surface area contributed by atoms with Crippen molar-refractivity contribution in [1.29, 1.82) is 0 Å². The van der Waals surface area contributed by atoms with Gasteiger partial charge in [0.05, 0.1) is 0 Å². The van der Waals surface area contributed by atoms with Gasteiger partial charge in [-0.3, -0.25) is 0 Å². The maximum atomic E-state index is 13.7. The highest BCUT2D eigenvalue weighted by Gasteiger charge is 2.11. The summed E-state index contributed by atoms with van der Waals surface area (Å²) in [4.78, 5) is 0. The van der Waals surface area contributed by atoms with Crippen LogP contribution in [0.2, 0.25) is 0 Å². The van der Waals surface area contributed by atoms with Crippen molar-refractivity contribution >= 4 is 11.3 Å². The van der Waals surface area contributed by atoms with Crippen molar-refractivity contribution in [2.45, 2.75) is 19.8 Å². The lowest BCUT2D eigenvalue weighted by atomic mass is 10.1. The van der Waals surface area contributed by atoms with Crippen molar-refractivity contribution in [3.05, 3.63) is 34.6 Å². The summed E-state index contributed by atoms with van der Waals surface area (Å²) >= 11 is 1.47. The summed E-state index contributed by atoms with van der Waals surface area (Å²) < 4.78 is 13.7. The minimum Gasteiger partial charge on any atom is -0.320 e. The van der Waals surface area contributed by atoms with Gasteiger partial charge < -0.3 is 5.32 Å². The van der Waals surface area contributed by atoms with Crippen LogP contribution in [0.4, 0.5) is 4.39 Å². The van der Waals surface area contributed by atoms with Crippen molar-refractivity contribution in [2.75, 3.05) is 13.6 Å². The molecule has 0 bridgehead atoms. The SMILES string of the molecule is CNCCCc1nnc(-c2cc(C)ccc2F)s1. The minimum atomic E-state index is -0.237. The summed E-state index contributed by atoms with van der Waals surface area (Å²) in [5.74, 6) is -0.237. The third kappa shape index (κ3) is 3.11. The van der Waals surface area contributed by atoms with E-state index < -0.39 is 0 Å². The lowest BCUT2D eigenvalue weighted by molar-refractivity contribution is 0.630. The number of nitrogens with one attached hydrogen (secondary N) is 1. The lowest BCUT2D eigenvalue weighted by Crippen LogP contribution is -2.08. The molecule has 1 aromatic heterocycles. The predicted octanol–water partition coefficient (Wildman–Crippen LogP) is 2.80. The molecule has 5 heteroatoms. The number of nitrogens with zero attached hydrogens (tertiary/aromatic N) is 2. The summed E-state index contributed by atoms with van der Waals surface area (Å²) in [6.07, 6.45) is 1.90. The Balaban J connectivity index is 2.16. The van der Waals surface area contributed by atoms with Gasteiger partial charge in [0.25, 0.3) is 0 Å². The molecule has 0 saturated carbocycles. The van der Waals surface area contributed by atoms with E-state index in [-0.39, 0.29) is 5.82 Å². The Morgan fingerprint density at radius 2 is 2.17 bits per heavy atom. The molecule has 2 aromatic rings. The van der Waals surface area contributed by atoms with Crippen LogP contribution >= 0.6 is 11.3 Å². The fraction of sp³-hybridized carbons (Fsp3) is 0.385. The van der Waals surface area contributed by atoms with Gasteiger partial charge in [0.15, 0.2) is 5.01 Å². The van der Waals surface area contributed by atoms with Gasteiger partial charge in [0, 0.05) is 12.0 Å². The fourth-order valence-electron chi connectivity index (χ4n) is 1.68. The Labute approximate surface area is 110 Å². The van der Waals surface area contributed by atoms with E-state index in [9.17, 15) is 4.39 Å². The largest absolute Gasteiger partial charge is 0.320 e. The topological polar surface area (TPSA) is 37.8 Å². The summed E-state index contributed by atoms with van der Waals surface area (Å²) in [6, 6.07) is 5.05. The third-order valence-corrected chi connectivity index (χ3v) is 3.65. The Morgan fingerprint density at radius 1 is 1.33 bits per heavy atom. The van der Waals surface area contributed by atoms with Crippen LogP contribution in [0.25, 0.3) is 10.6 Å². The zero-order valence-corrected chi connectivity index (χ0v) is 11.4. The van der Waals surface area contributed by atoms with E-state index in [4.69, 9.17) is 0 Å². The van der Waals surface area contributed by atoms with Gasteiger partial charge in [-0.25, -0.2) is 4.39 Å². The molecular formula is C13H16FN3S. The van der Waals surface area contributed by atoms with E-state index in [0.29, 0.717) is 10.6 Å². The fourth-order valence-corrected chi connectivity index (χ4v) is 2.58. The van der Waals surface area contributed by atoms with Crippen molar-refractivity contribution in [3.63, 3.8) is 0 Å². The lowest BCUT2D eigenvalue weighted by Gasteiger charge is -1.99. The van der Waals surface area contributed by atoms with Gasteiger partial charge >= 0.3 is 0 Å². The van der Waals surface area contributed by atoms with Crippen LogP contribution in [0.1, 0.15) is 17.0 Å². The van der Waals surface area contributed by atoms with Crippen LogP contribution in [0, 0.1) is 12.7 Å². The second-order valence-corrected chi connectivity index (χ2v) is 5.25. The zero-order valence-electron chi connectivity index (χ0n) is 10.5. The summed E-state index contributed by atoms with van der Waals surface area (Å²) in [6.45, 7) is 2.89. The average molecular weight is 265 g/mol. The highest BCUT2D eigenvalue weighted by molar-refractivity contribution is 7.14. The van der Waals surface area contributed by atoms with Crippen molar-refractivity contribution in [1.82, 2.24) is 15.5 Å². The molecule has 1 aromatic carbocycles. The smallest absolute Gasteiger partial charge is 0.150 e. The average Bonchev–Trinajstić information content (AvgIpc) is 2.81. The molecule has 0 amide bonds. The monoisotopic (exact) mass is 265 g/mol. The second kappa shape index (κ2) is 6.02. The van der Waals surface area contributed by atoms with E-state index in [1.165, 1.54) is 17.4 Å². The molecule has 0 aliphatic carbocycles.